The maximum Gasteiger partial charge on any atom is 0.420 e. The largest absolute Gasteiger partial charge is 0.488 e. The monoisotopic (exact) mass is 449 g/mol. The van der Waals surface area contributed by atoms with E-state index in [0.29, 0.717) is 6.61 Å². The zero-order chi connectivity index (χ0) is 22.1. The van der Waals surface area contributed by atoms with E-state index in [1.165, 1.54) is 30.3 Å². The van der Waals surface area contributed by atoms with Gasteiger partial charge in [-0.05, 0) is 36.4 Å². The average Bonchev–Trinajstić information content (AvgIpc) is 3.58. The number of halogens is 3. The van der Waals surface area contributed by atoms with Crippen molar-refractivity contribution in [3.8, 4) is 5.75 Å². The Morgan fingerprint density at radius 2 is 1.55 bits per heavy atom. The molecule has 162 valence electrons. The summed E-state index contributed by atoms with van der Waals surface area (Å²) in [5.41, 5.74) is -1.11. The molecule has 9 heteroatoms. The average molecular weight is 449 g/mol. The van der Waals surface area contributed by atoms with E-state index in [0.717, 1.165) is 16.4 Å². The molecule has 0 bridgehead atoms. The summed E-state index contributed by atoms with van der Waals surface area (Å²) >= 11 is 0. The minimum absolute atomic E-state index is 0.0623. The number of para-hydroxylation sites is 2. The minimum Gasteiger partial charge on any atom is -0.488 e. The number of hydrogen-bond acceptors (Lipinski definition) is 4. The highest BCUT2D eigenvalue weighted by Gasteiger charge is 2.39. The highest BCUT2D eigenvalue weighted by molar-refractivity contribution is 7.93. The predicted octanol–water partition coefficient (Wildman–Crippen LogP) is 5.01. The third-order valence-electron chi connectivity index (χ3n) is 4.61. The lowest BCUT2D eigenvalue weighted by molar-refractivity contribution is -0.138. The lowest BCUT2D eigenvalue weighted by Crippen LogP contribution is -2.27. The molecule has 0 spiro atoms. The number of alkyl halides is 3. The van der Waals surface area contributed by atoms with Crippen LogP contribution in [0.15, 0.2) is 83.8 Å². The van der Waals surface area contributed by atoms with Gasteiger partial charge in [0.25, 0.3) is 10.0 Å². The van der Waals surface area contributed by atoms with Crippen molar-refractivity contribution in [2.45, 2.75) is 17.2 Å². The molecular formula is C22H18F3NO4S. The highest BCUT2D eigenvalue weighted by atomic mass is 32.2. The Hall–Kier alpha value is -3.04. The van der Waals surface area contributed by atoms with Crippen LogP contribution in [0.5, 0.6) is 5.75 Å². The molecule has 31 heavy (non-hydrogen) atoms. The quantitative estimate of drug-likeness (QED) is 0.476. The number of hydrogen-bond donors (Lipinski definition) is 0. The molecule has 1 fully saturated rings. The number of rotatable bonds is 7. The summed E-state index contributed by atoms with van der Waals surface area (Å²) in [7, 11) is -4.26. The predicted molar refractivity (Wildman–Crippen MR) is 109 cm³/mol. The molecule has 3 aromatic rings. The first-order valence-corrected chi connectivity index (χ1v) is 10.8. The van der Waals surface area contributed by atoms with E-state index < -0.39 is 27.5 Å². The Bertz CT molecular complexity index is 1150. The molecule has 3 aromatic carbocycles. The van der Waals surface area contributed by atoms with Crippen LogP contribution < -0.4 is 9.04 Å². The summed E-state index contributed by atoms with van der Waals surface area (Å²) in [5.74, 6) is -0.561. The lowest BCUT2D eigenvalue weighted by Gasteiger charge is -2.28. The van der Waals surface area contributed by atoms with E-state index in [1.54, 1.807) is 36.4 Å². The highest BCUT2D eigenvalue weighted by Crippen LogP contribution is 2.45. The second kappa shape index (κ2) is 8.24. The van der Waals surface area contributed by atoms with Crippen LogP contribution in [0.3, 0.4) is 0 Å². The number of benzene rings is 3. The van der Waals surface area contributed by atoms with E-state index in [1.807, 2.05) is 0 Å². The van der Waals surface area contributed by atoms with E-state index in [9.17, 15) is 21.6 Å². The molecule has 1 saturated heterocycles. The summed E-state index contributed by atoms with van der Waals surface area (Å²) in [5, 5.41) is 0. The van der Waals surface area contributed by atoms with E-state index in [2.05, 4.69) is 0 Å². The molecule has 1 atom stereocenters. The second-order valence-electron chi connectivity index (χ2n) is 6.84. The maximum absolute atomic E-state index is 13.8. The van der Waals surface area contributed by atoms with Gasteiger partial charge >= 0.3 is 6.18 Å². The number of epoxide rings is 1. The van der Waals surface area contributed by atoms with Crippen LogP contribution in [-0.2, 0) is 20.9 Å². The zero-order valence-electron chi connectivity index (χ0n) is 16.1. The van der Waals surface area contributed by atoms with Crippen molar-refractivity contribution in [3.05, 3.63) is 84.4 Å². The Labute approximate surface area is 177 Å². The molecule has 0 amide bonds. The summed E-state index contributed by atoms with van der Waals surface area (Å²) in [6, 6.07) is 18.8. The van der Waals surface area contributed by atoms with Gasteiger partial charge in [0, 0.05) is 0 Å². The molecule has 4 rings (SSSR count). The van der Waals surface area contributed by atoms with E-state index in [4.69, 9.17) is 9.47 Å². The van der Waals surface area contributed by atoms with Gasteiger partial charge in [0.05, 0.1) is 22.8 Å². The Morgan fingerprint density at radius 1 is 0.935 bits per heavy atom. The first kappa shape index (κ1) is 21.2. The normalized spacial score (nSPS) is 16.0. The van der Waals surface area contributed by atoms with Gasteiger partial charge in [-0.25, -0.2) is 12.7 Å². The van der Waals surface area contributed by atoms with Crippen LogP contribution in [0.4, 0.5) is 24.5 Å². The van der Waals surface area contributed by atoms with Crippen LogP contribution in [0.2, 0.25) is 0 Å². The second-order valence-corrected chi connectivity index (χ2v) is 8.62. The Balaban J connectivity index is 1.93. The number of sulfonamides is 1. The van der Waals surface area contributed by atoms with Crippen LogP contribution >= 0.6 is 0 Å². The van der Waals surface area contributed by atoms with Gasteiger partial charge < -0.3 is 9.47 Å². The Kier molecular flexibility index (Phi) is 5.63. The minimum atomic E-state index is -4.74. The van der Waals surface area contributed by atoms with Gasteiger partial charge in [-0.3, -0.25) is 0 Å². The molecule has 1 aliphatic rings. The molecule has 1 unspecified atom stereocenters. The summed E-state index contributed by atoms with van der Waals surface area (Å²) in [4.78, 5) is -0.0623. The van der Waals surface area contributed by atoms with Crippen LogP contribution in [0.1, 0.15) is 5.56 Å². The van der Waals surface area contributed by atoms with Crippen LogP contribution in [-0.4, -0.2) is 27.7 Å². The van der Waals surface area contributed by atoms with Gasteiger partial charge in [-0.15, -0.1) is 0 Å². The fraction of sp³-hybridized carbons (Fsp3) is 0.182. The molecule has 1 aliphatic heterocycles. The number of ether oxygens (including phenoxy) is 2. The van der Waals surface area contributed by atoms with Crippen molar-refractivity contribution < 1.29 is 31.1 Å². The zero-order valence-corrected chi connectivity index (χ0v) is 16.9. The molecular weight excluding hydrogens is 431 g/mol. The van der Waals surface area contributed by atoms with Crippen molar-refractivity contribution >= 4 is 21.4 Å². The van der Waals surface area contributed by atoms with Gasteiger partial charge in [0.1, 0.15) is 18.4 Å². The van der Waals surface area contributed by atoms with Crippen molar-refractivity contribution in [1.29, 1.82) is 0 Å². The fourth-order valence-corrected chi connectivity index (χ4v) is 4.58. The topological polar surface area (TPSA) is 59.1 Å². The molecule has 0 aliphatic carbocycles. The number of nitrogens with zero attached hydrogens (tertiary/aromatic N) is 1. The third-order valence-corrected chi connectivity index (χ3v) is 6.36. The summed E-state index contributed by atoms with van der Waals surface area (Å²) in [6.07, 6.45) is -5.06. The molecule has 0 radical (unpaired) electrons. The Morgan fingerprint density at radius 3 is 2.13 bits per heavy atom. The first-order chi connectivity index (χ1) is 14.8. The van der Waals surface area contributed by atoms with Gasteiger partial charge in [-0.1, -0.05) is 42.5 Å². The smallest absolute Gasteiger partial charge is 0.420 e. The van der Waals surface area contributed by atoms with Gasteiger partial charge in [0.15, 0.2) is 5.75 Å². The lowest BCUT2D eigenvalue weighted by atomic mass is 10.1. The number of anilines is 2. The molecule has 0 N–H and O–H groups in total. The third kappa shape index (κ3) is 4.52. The van der Waals surface area contributed by atoms with E-state index >= 15 is 0 Å². The first-order valence-electron chi connectivity index (χ1n) is 9.38. The van der Waals surface area contributed by atoms with Crippen LogP contribution in [0.25, 0.3) is 0 Å². The van der Waals surface area contributed by atoms with Crippen molar-refractivity contribution in [3.63, 3.8) is 0 Å². The standard InChI is InChI=1S/C22H18F3NO4S/c23-22(24,25)19-12-7-13-20(21(19)30-15-17-14-29-17)26(16-8-3-1-4-9-16)31(27,28)18-10-5-2-6-11-18/h1-13,17H,14-15H2. The van der Waals surface area contributed by atoms with Crippen molar-refractivity contribution in [1.82, 2.24) is 0 Å². The van der Waals surface area contributed by atoms with E-state index in [-0.39, 0.29) is 29.0 Å². The summed E-state index contributed by atoms with van der Waals surface area (Å²) < 4.78 is 79.9. The SMILES string of the molecule is O=S(=O)(c1ccccc1)N(c1ccccc1)c1cccc(C(F)(F)F)c1OCC1CO1. The van der Waals surface area contributed by atoms with Crippen LogP contribution in [0, 0.1) is 0 Å². The maximum atomic E-state index is 13.8. The van der Waals surface area contributed by atoms with Gasteiger partial charge in [0.2, 0.25) is 0 Å². The van der Waals surface area contributed by atoms with Crippen molar-refractivity contribution in [2.75, 3.05) is 17.5 Å². The van der Waals surface area contributed by atoms with Gasteiger partial charge in [-0.2, -0.15) is 13.2 Å². The molecule has 1 heterocycles. The molecule has 0 aromatic heterocycles. The molecule has 0 saturated carbocycles. The summed E-state index contributed by atoms with van der Waals surface area (Å²) in [6.45, 7) is 0.266. The fourth-order valence-electron chi connectivity index (χ4n) is 3.07. The molecule has 5 nitrogen and oxygen atoms in total. The van der Waals surface area contributed by atoms with Crippen molar-refractivity contribution in [2.24, 2.45) is 0 Å².